The van der Waals surface area contributed by atoms with E-state index in [1.165, 1.54) is 0 Å². The minimum atomic E-state index is -0.430. The molecule has 0 aliphatic carbocycles. The minimum Gasteiger partial charge on any atom is -0.423 e. The molecule has 2 aromatic carbocycles. The zero-order chi connectivity index (χ0) is 17.1. The van der Waals surface area contributed by atoms with Crippen molar-refractivity contribution in [2.45, 2.75) is 6.92 Å². The van der Waals surface area contributed by atoms with Crippen molar-refractivity contribution < 1.29 is 19.1 Å². The number of benzene rings is 2. The molecule has 3 rings (SSSR count). The van der Waals surface area contributed by atoms with Crippen LogP contribution >= 0.6 is 11.8 Å². The molecule has 0 radical (unpaired) electrons. The summed E-state index contributed by atoms with van der Waals surface area (Å²) in [7, 11) is 0. The Morgan fingerprint density at radius 1 is 1.12 bits per heavy atom. The molecular formula is C18H13NO4S. The summed E-state index contributed by atoms with van der Waals surface area (Å²) in [4.78, 5) is 35.0. The van der Waals surface area contributed by atoms with Crippen LogP contribution in [0.3, 0.4) is 0 Å². The van der Waals surface area contributed by atoms with E-state index in [1.807, 2.05) is 13.0 Å². The van der Waals surface area contributed by atoms with Gasteiger partial charge < -0.3 is 4.74 Å². The Morgan fingerprint density at radius 3 is 2.50 bits per heavy atom. The van der Waals surface area contributed by atoms with Crippen molar-refractivity contribution in [3.05, 3.63) is 70.1 Å². The van der Waals surface area contributed by atoms with E-state index in [1.54, 1.807) is 48.5 Å². The largest absolute Gasteiger partial charge is 0.423 e. The van der Waals surface area contributed by atoms with Gasteiger partial charge in [-0.15, -0.1) is 0 Å². The number of hydrogen-bond donors (Lipinski definition) is 1. The summed E-state index contributed by atoms with van der Waals surface area (Å²) in [5, 5.41) is 1.82. The number of carbonyl (C=O) groups is 3. The van der Waals surface area contributed by atoms with Gasteiger partial charge in [0, 0.05) is 0 Å². The highest BCUT2D eigenvalue weighted by Crippen LogP contribution is 2.26. The highest BCUT2D eigenvalue weighted by Gasteiger charge is 2.24. The van der Waals surface area contributed by atoms with Crippen molar-refractivity contribution in [2.75, 3.05) is 0 Å². The first kappa shape index (κ1) is 16.0. The number of amides is 2. The lowest BCUT2D eigenvalue weighted by molar-refractivity contribution is -0.115. The van der Waals surface area contributed by atoms with Crippen LogP contribution in [0.15, 0.2) is 53.4 Å². The van der Waals surface area contributed by atoms with Gasteiger partial charge in [-0.1, -0.05) is 29.8 Å². The van der Waals surface area contributed by atoms with Gasteiger partial charge in [-0.05, 0) is 54.6 Å². The van der Waals surface area contributed by atoms with Gasteiger partial charge in [0.25, 0.3) is 11.1 Å². The molecule has 0 bridgehead atoms. The number of nitrogens with one attached hydrogen (secondary N) is 1. The summed E-state index contributed by atoms with van der Waals surface area (Å²) in [5.41, 5.74) is 2.20. The summed E-state index contributed by atoms with van der Waals surface area (Å²) in [6.07, 6.45) is 1.61. The molecular weight excluding hydrogens is 326 g/mol. The van der Waals surface area contributed by atoms with Crippen molar-refractivity contribution in [3.63, 3.8) is 0 Å². The second kappa shape index (κ2) is 6.72. The van der Waals surface area contributed by atoms with Crippen molar-refractivity contribution in [1.29, 1.82) is 0 Å². The van der Waals surface area contributed by atoms with Gasteiger partial charge in [-0.2, -0.15) is 0 Å². The minimum absolute atomic E-state index is 0.338. The maximum Gasteiger partial charge on any atom is 0.343 e. The molecule has 6 heteroatoms. The monoisotopic (exact) mass is 339 g/mol. The molecule has 0 spiro atoms. The smallest absolute Gasteiger partial charge is 0.343 e. The van der Waals surface area contributed by atoms with E-state index < -0.39 is 11.9 Å². The Bertz CT molecular complexity index is 856. The van der Waals surface area contributed by atoms with Crippen LogP contribution in [0.1, 0.15) is 21.5 Å². The first-order chi connectivity index (χ1) is 11.5. The Kier molecular flexibility index (Phi) is 4.48. The topological polar surface area (TPSA) is 72.5 Å². The average molecular weight is 339 g/mol. The van der Waals surface area contributed by atoms with Gasteiger partial charge in [0.15, 0.2) is 0 Å². The lowest BCUT2D eigenvalue weighted by Gasteiger charge is -2.05. The zero-order valence-electron chi connectivity index (χ0n) is 12.7. The molecule has 1 N–H and O–H groups in total. The van der Waals surface area contributed by atoms with Crippen LogP contribution in [-0.4, -0.2) is 17.1 Å². The number of ether oxygens (including phenoxy) is 1. The third-order valence-electron chi connectivity index (χ3n) is 3.28. The van der Waals surface area contributed by atoms with Crippen LogP contribution in [0.4, 0.5) is 4.79 Å². The Labute approximate surface area is 142 Å². The highest BCUT2D eigenvalue weighted by atomic mass is 32.2. The summed E-state index contributed by atoms with van der Waals surface area (Å²) in [6.45, 7) is 1.90. The lowest BCUT2D eigenvalue weighted by atomic mass is 10.1. The maximum absolute atomic E-state index is 12.1. The average Bonchev–Trinajstić information content (AvgIpc) is 2.87. The molecule has 2 aromatic rings. The summed E-state index contributed by atoms with van der Waals surface area (Å²) in [5.74, 6) is -0.427. The van der Waals surface area contributed by atoms with E-state index in [2.05, 4.69) is 5.32 Å². The molecule has 1 fully saturated rings. The predicted octanol–water partition coefficient (Wildman–Crippen LogP) is 3.54. The predicted molar refractivity (Wildman–Crippen MR) is 91.7 cm³/mol. The summed E-state index contributed by atoms with van der Waals surface area (Å²) < 4.78 is 5.32. The number of imide groups is 1. The molecule has 5 nitrogen and oxygen atoms in total. The van der Waals surface area contributed by atoms with E-state index in [4.69, 9.17) is 4.74 Å². The number of rotatable bonds is 3. The number of thioether (sulfide) groups is 1. The molecule has 1 saturated heterocycles. The normalized spacial score (nSPS) is 15.5. The summed E-state index contributed by atoms with van der Waals surface area (Å²) >= 11 is 0.858. The van der Waals surface area contributed by atoms with Crippen LogP contribution in [0, 0.1) is 6.92 Å². The number of esters is 1. The van der Waals surface area contributed by atoms with Gasteiger partial charge in [0.1, 0.15) is 5.75 Å². The molecule has 120 valence electrons. The first-order valence-corrected chi connectivity index (χ1v) is 7.97. The molecule has 24 heavy (non-hydrogen) atoms. The fourth-order valence-corrected chi connectivity index (χ4v) is 2.82. The highest BCUT2D eigenvalue weighted by molar-refractivity contribution is 8.18. The van der Waals surface area contributed by atoms with Gasteiger partial charge in [-0.25, -0.2) is 4.79 Å². The van der Waals surface area contributed by atoms with Crippen molar-refractivity contribution >= 4 is 35.0 Å². The van der Waals surface area contributed by atoms with Gasteiger partial charge in [0.05, 0.1) is 10.5 Å². The Morgan fingerprint density at radius 2 is 1.88 bits per heavy atom. The van der Waals surface area contributed by atoms with E-state index in [0.717, 1.165) is 22.9 Å². The fraction of sp³-hybridized carbons (Fsp3) is 0.0556. The van der Waals surface area contributed by atoms with Crippen LogP contribution in [0.25, 0.3) is 6.08 Å². The fourth-order valence-electron chi connectivity index (χ4n) is 2.14. The van der Waals surface area contributed by atoms with Gasteiger partial charge >= 0.3 is 5.97 Å². The maximum atomic E-state index is 12.1. The molecule has 1 aliphatic rings. The van der Waals surface area contributed by atoms with E-state index in [-0.39, 0.29) is 5.24 Å². The number of hydrogen-bond acceptors (Lipinski definition) is 5. The molecule has 1 aliphatic heterocycles. The molecule has 1 heterocycles. The number of aryl methyl sites for hydroxylation is 1. The molecule has 0 atom stereocenters. The Balaban J connectivity index is 1.71. The lowest BCUT2D eigenvalue weighted by Crippen LogP contribution is -2.17. The van der Waals surface area contributed by atoms with E-state index in [0.29, 0.717) is 16.2 Å². The molecule has 0 unspecified atom stereocenters. The van der Waals surface area contributed by atoms with Gasteiger partial charge in [-0.3, -0.25) is 14.9 Å². The van der Waals surface area contributed by atoms with Crippen LogP contribution < -0.4 is 10.1 Å². The number of carbonyl (C=O) groups excluding carboxylic acids is 3. The van der Waals surface area contributed by atoms with E-state index >= 15 is 0 Å². The summed E-state index contributed by atoms with van der Waals surface area (Å²) in [6, 6.07) is 13.9. The standard InChI is InChI=1S/C18H13NO4S/c1-11-3-2-4-13(9-11)17(21)23-14-7-5-12(6-8-14)10-15-16(20)19-18(22)24-15/h2-10H,1H3,(H,19,20,22)/b15-10+. The second-order valence-corrected chi connectivity index (χ2v) is 6.20. The van der Waals surface area contributed by atoms with Crippen LogP contribution in [0.2, 0.25) is 0 Å². The molecule has 0 saturated carbocycles. The third kappa shape index (κ3) is 3.72. The van der Waals surface area contributed by atoms with E-state index in [9.17, 15) is 14.4 Å². The van der Waals surface area contributed by atoms with Crippen LogP contribution in [0.5, 0.6) is 5.75 Å². The van der Waals surface area contributed by atoms with Gasteiger partial charge in [0.2, 0.25) is 0 Å². The SMILES string of the molecule is Cc1cccc(C(=O)Oc2ccc(/C=C3/SC(=O)NC3=O)cc2)c1. The van der Waals surface area contributed by atoms with Crippen molar-refractivity contribution in [3.8, 4) is 5.75 Å². The second-order valence-electron chi connectivity index (χ2n) is 5.18. The first-order valence-electron chi connectivity index (χ1n) is 7.15. The molecule has 0 aromatic heterocycles. The zero-order valence-corrected chi connectivity index (χ0v) is 13.6. The van der Waals surface area contributed by atoms with Crippen LogP contribution in [-0.2, 0) is 4.79 Å². The third-order valence-corrected chi connectivity index (χ3v) is 4.09. The Hall–Kier alpha value is -2.86. The van der Waals surface area contributed by atoms with Crippen molar-refractivity contribution in [2.24, 2.45) is 0 Å². The van der Waals surface area contributed by atoms with Crippen molar-refractivity contribution in [1.82, 2.24) is 5.32 Å². The quantitative estimate of drug-likeness (QED) is 0.526. The molecule has 2 amide bonds.